The number of allylic oxidation sites excluding steroid dienone is 9. The van der Waals surface area contributed by atoms with Crippen molar-refractivity contribution in [1.82, 2.24) is 0 Å². The van der Waals surface area contributed by atoms with E-state index in [1.807, 2.05) is 0 Å². The molecule has 0 aliphatic heterocycles. The summed E-state index contributed by atoms with van der Waals surface area (Å²) in [5.41, 5.74) is 8.93. The Kier molecular flexibility index (Phi) is 12.3. The minimum absolute atomic E-state index is 0.605. The molecule has 0 radical (unpaired) electrons. The van der Waals surface area contributed by atoms with Crippen molar-refractivity contribution >= 4 is 5.57 Å². The van der Waals surface area contributed by atoms with Crippen LogP contribution in [0.1, 0.15) is 127 Å². The van der Waals surface area contributed by atoms with Crippen LogP contribution in [0.4, 0.5) is 0 Å². The van der Waals surface area contributed by atoms with Crippen molar-refractivity contribution in [2.75, 3.05) is 0 Å². The van der Waals surface area contributed by atoms with Crippen LogP contribution in [0.2, 0.25) is 0 Å². The fraction of sp³-hybridized carbons (Fsp3) is 0.515. The molecule has 1 aliphatic rings. The molecule has 0 heterocycles. The summed E-state index contributed by atoms with van der Waals surface area (Å²) >= 11 is 0. The summed E-state index contributed by atoms with van der Waals surface area (Å²) < 4.78 is 0. The maximum absolute atomic E-state index is 3.97. The van der Waals surface area contributed by atoms with Gasteiger partial charge in [0.25, 0.3) is 0 Å². The monoisotopic (exact) mass is 444 g/mol. The zero-order chi connectivity index (χ0) is 24.1. The molecule has 2 atom stereocenters. The van der Waals surface area contributed by atoms with Crippen LogP contribution in [0.15, 0.2) is 72.4 Å². The van der Waals surface area contributed by atoms with Gasteiger partial charge in [-0.05, 0) is 97.1 Å². The molecule has 0 spiro atoms. The van der Waals surface area contributed by atoms with Crippen LogP contribution >= 0.6 is 0 Å². The van der Waals surface area contributed by atoms with E-state index in [-0.39, 0.29) is 0 Å². The van der Waals surface area contributed by atoms with Crippen molar-refractivity contribution in [3.8, 4) is 0 Å². The molecule has 2 unspecified atom stereocenters. The second kappa shape index (κ2) is 14.9. The first-order valence-electron chi connectivity index (χ1n) is 13.6. The van der Waals surface area contributed by atoms with Crippen molar-refractivity contribution in [3.63, 3.8) is 0 Å². The van der Waals surface area contributed by atoms with E-state index in [9.17, 15) is 0 Å². The zero-order valence-corrected chi connectivity index (χ0v) is 22.1. The zero-order valence-electron chi connectivity index (χ0n) is 22.1. The second-order valence-electron chi connectivity index (χ2n) is 9.68. The minimum atomic E-state index is 0.605. The van der Waals surface area contributed by atoms with Crippen LogP contribution in [0, 0.1) is 0 Å². The van der Waals surface area contributed by atoms with E-state index < -0.39 is 0 Å². The van der Waals surface area contributed by atoms with E-state index in [2.05, 4.69) is 95.9 Å². The van der Waals surface area contributed by atoms with Crippen molar-refractivity contribution in [1.29, 1.82) is 0 Å². The number of rotatable bonds is 14. The molecule has 0 aromatic heterocycles. The second-order valence-corrected chi connectivity index (χ2v) is 9.68. The van der Waals surface area contributed by atoms with Gasteiger partial charge in [-0.15, -0.1) is 6.58 Å². The molecule has 0 amide bonds. The number of hydrogen-bond donors (Lipinski definition) is 0. The Balaban J connectivity index is 2.52. The molecule has 1 aliphatic carbocycles. The maximum Gasteiger partial charge on any atom is -0.0159 e. The first kappa shape index (κ1) is 27.2. The SMILES string of the molecule is C=CCCC(CC)c1ccc(/C(=C/C(=C\C)C2=CC=CCC2)CCC)cc1C(C)CCCC. The first-order valence-corrected chi connectivity index (χ1v) is 13.6. The van der Waals surface area contributed by atoms with Crippen molar-refractivity contribution < 1.29 is 0 Å². The average Bonchev–Trinajstić information content (AvgIpc) is 2.86. The van der Waals surface area contributed by atoms with Crippen molar-refractivity contribution in [2.45, 2.75) is 111 Å². The lowest BCUT2D eigenvalue weighted by Gasteiger charge is -2.24. The van der Waals surface area contributed by atoms with Gasteiger partial charge in [-0.2, -0.15) is 0 Å². The number of benzene rings is 1. The predicted molar refractivity (Wildman–Crippen MR) is 150 cm³/mol. The lowest BCUT2D eigenvalue weighted by molar-refractivity contribution is 0.578. The Labute approximate surface area is 205 Å². The molecule has 2 rings (SSSR count). The molecule has 0 saturated heterocycles. The van der Waals surface area contributed by atoms with Gasteiger partial charge >= 0.3 is 0 Å². The molecular formula is C33H48. The smallest absolute Gasteiger partial charge is 0.0159 e. The molecular weight excluding hydrogens is 396 g/mol. The Morgan fingerprint density at radius 1 is 1.09 bits per heavy atom. The molecule has 0 fully saturated rings. The highest BCUT2D eigenvalue weighted by Crippen LogP contribution is 2.37. The van der Waals surface area contributed by atoms with Crippen molar-refractivity contribution in [2.24, 2.45) is 0 Å². The molecule has 0 heteroatoms. The summed E-state index contributed by atoms with van der Waals surface area (Å²) in [6.45, 7) is 15.5. The topological polar surface area (TPSA) is 0 Å². The van der Waals surface area contributed by atoms with Gasteiger partial charge in [0.05, 0.1) is 0 Å². The lowest BCUT2D eigenvalue weighted by Crippen LogP contribution is -2.06. The third-order valence-corrected chi connectivity index (χ3v) is 7.18. The van der Waals surface area contributed by atoms with E-state index in [1.165, 1.54) is 60.8 Å². The van der Waals surface area contributed by atoms with Gasteiger partial charge in [-0.25, -0.2) is 0 Å². The highest BCUT2D eigenvalue weighted by molar-refractivity contribution is 5.71. The quantitative estimate of drug-likeness (QED) is 0.198. The Morgan fingerprint density at radius 3 is 2.52 bits per heavy atom. The van der Waals surface area contributed by atoms with E-state index >= 15 is 0 Å². The van der Waals surface area contributed by atoms with Gasteiger partial charge < -0.3 is 0 Å². The Bertz CT molecular complexity index is 858. The van der Waals surface area contributed by atoms with Crippen LogP contribution in [-0.4, -0.2) is 0 Å². The van der Waals surface area contributed by atoms with Gasteiger partial charge in [0.2, 0.25) is 0 Å². The van der Waals surface area contributed by atoms with Crippen LogP contribution in [0.5, 0.6) is 0 Å². The molecule has 1 aromatic rings. The molecule has 0 nitrogen and oxygen atoms in total. The minimum Gasteiger partial charge on any atom is -0.103 e. The van der Waals surface area contributed by atoms with Crippen LogP contribution < -0.4 is 0 Å². The van der Waals surface area contributed by atoms with Crippen LogP contribution in [0.25, 0.3) is 5.57 Å². The Hall–Kier alpha value is -2.08. The van der Waals surface area contributed by atoms with Gasteiger partial charge in [-0.3, -0.25) is 0 Å². The summed E-state index contributed by atoms with van der Waals surface area (Å²) in [7, 11) is 0. The third-order valence-electron chi connectivity index (χ3n) is 7.18. The average molecular weight is 445 g/mol. The predicted octanol–water partition coefficient (Wildman–Crippen LogP) is 10.8. The highest BCUT2D eigenvalue weighted by Gasteiger charge is 2.19. The molecule has 0 N–H and O–H groups in total. The number of unbranched alkanes of at least 4 members (excludes halogenated alkanes) is 1. The van der Waals surface area contributed by atoms with E-state index in [0.29, 0.717) is 11.8 Å². The largest absolute Gasteiger partial charge is 0.103 e. The molecule has 33 heavy (non-hydrogen) atoms. The highest BCUT2D eigenvalue weighted by atomic mass is 14.2. The summed E-state index contributed by atoms with van der Waals surface area (Å²) in [6, 6.07) is 7.42. The summed E-state index contributed by atoms with van der Waals surface area (Å²) in [6.07, 6.45) is 25.5. The lowest BCUT2D eigenvalue weighted by atomic mass is 9.81. The standard InChI is InChI=1S/C33H48/c1-7-12-18-26(6)33-25-31(22-23-32(33)27(10-4)19-13-8-2)30(17-9-3)24-28(11-5)29-20-15-14-16-21-29/h8,11,14-15,20,22-27H,2,7,9-10,12-13,16-19,21H2,1,3-6H3/b28-11+,30-24+. The third kappa shape index (κ3) is 8.02. The van der Waals surface area contributed by atoms with Crippen LogP contribution in [0.3, 0.4) is 0 Å². The van der Waals surface area contributed by atoms with E-state index in [1.54, 1.807) is 11.1 Å². The molecule has 0 bridgehead atoms. The van der Waals surface area contributed by atoms with Crippen LogP contribution in [-0.2, 0) is 0 Å². The fourth-order valence-corrected chi connectivity index (χ4v) is 5.10. The fourth-order valence-electron chi connectivity index (χ4n) is 5.10. The van der Waals surface area contributed by atoms with Crippen molar-refractivity contribution in [3.05, 3.63) is 89.1 Å². The summed E-state index contributed by atoms with van der Waals surface area (Å²) in [4.78, 5) is 0. The summed E-state index contributed by atoms with van der Waals surface area (Å²) in [5.74, 6) is 1.23. The number of hydrogen-bond acceptors (Lipinski definition) is 0. The maximum atomic E-state index is 3.97. The van der Waals surface area contributed by atoms with E-state index in [4.69, 9.17) is 0 Å². The van der Waals surface area contributed by atoms with Gasteiger partial charge in [-0.1, -0.05) is 102 Å². The molecule has 1 aromatic carbocycles. The normalized spacial score (nSPS) is 16.5. The van der Waals surface area contributed by atoms with Gasteiger partial charge in [0.1, 0.15) is 0 Å². The van der Waals surface area contributed by atoms with Gasteiger partial charge in [0, 0.05) is 0 Å². The van der Waals surface area contributed by atoms with E-state index in [0.717, 1.165) is 25.7 Å². The van der Waals surface area contributed by atoms with Gasteiger partial charge in [0.15, 0.2) is 0 Å². The Morgan fingerprint density at radius 2 is 1.91 bits per heavy atom. The molecule has 180 valence electrons. The summed E-state index contributed by atoms with van der Waals surface area (Å²) in [5, 5.41) is 0. The first-order chi connectivity index (χ1) is 16.1. The molecule has 0 saturated carbocycles.